The lowest BCUT2D eigenvalue weighted by Gasteiger charge is -2.18. The molecule has 0 bridgehead atoms. The van der Waals surface area contributed by atoms with Crippen LogP contribution in [0.3, 0.4) is 0 Å². The minimum absolute atomic E-state index is 0.113. The second kappa shape index (κ2) is 58.1. The lowest BCUT2D eigenvalue weighted by Crippen LogP contribution is -2.30. The van der Waals surface area contributed by atoms with E-state index >= 15 is 0 Å². The lowest BCUT2D eigenvalue weighted by atomic mass is 10.1. The summed E-state index contributed by atoms with van der Waals surface area (Å²) in [5.41, 5.74) is 0. The van der Waals surface area contributed by atoms with Gasteiger partial charge < -0.3 is 14.2 Å². The van der Waals surface area contributed by atoms with Gasteiger partial charge in [0.2, 0.25) is 0 Å². The number of unbranched alkanes of at least 4 members (excludes halogenated alkanes) is 17. The van der Waals surface area contributed by atoms with Crippen molar-refractivity contribution in [1.29, 1.82) is 0 Å². The molecule has 0 saturated carbocycles. The zero-order valence-corrected chi connectivity index (χ0v) is 45.7. The molecule has 0 spiro atoms. The molecular formula is C65H104O6. The Morgan fingerprint density at radius 2 is 0.549 bits per heavy atom. The molecule has 0 heterocycles. The first-order valence-electron chi connectivity index (χ1n) is 28.7. The van der Waals surface area contributed by atoms with Crippen LogP contribution >= 0.6 is 0 Å². The SMILES string of the molecule is CC/C=C\C/C=C\C/C=C\C/C=C\C/C=C\CCCCCC(=O)OC(COC(=O)CCCCC/C=C\C/C=C\C/C=C\CC)COC(=O)CCCCCCCC/C=C\C/C=C\C/C=C\CCCCCCC. The number of hydrogen-bond donors (Lipinski definition) is 0. The highest BCUT2D eigenvalue weighted by Gasteiger charge is 2.19. The maximum atomic E-state index is 12.9. The summed E-state index contributed by atoms with van der Waals surface area (Å²) in [6.07, 6.45) is 81.6. The molecule has 0 fully saturated rings. The Morgan fingerprint density at radius 3 is 0.873 bits per heavy atom. The van der Waals surface area contributed by atoms with Crippen molar-refractivity contribution in [2.75, 3.05) is 13.2 Å². The average molecular weight is 982 g/mol. The number of allylic oxidation sites excluding steroid dienone is 22. The molecule has 0 aromatic heterocycles. The van der Waals surface area contributed by atoms with E-state index in [4.69, 9.17) is 14.2 Å². The molecule has 1 atom stereocenters. The van der Waals surface area contributed by atoms with E-state index < -0.39 is 6.10 Å². The summed E-state index contributed by atoms with van der Waals surface area (Å²) in [5.74, 6) is -0.992. The van der Waals surface area contributed by atoms with Gasteiger partial charge >= 0.3 is 17.9 Å². The largest absolute Gasteiger partial charge is 0.462 e. The predicted molar refractivity (Wildman–Crippen MR) is 306 cm³/mol. The summed E-state index contributed by atoms with van der Waals surface area (Å²) < 4.78 is 16.8. The smallest absolute Gasteiger partial charge is 0.306 e. The van der Waals surface area contributed by atoms with E-state index in [0.717, 1.165) is 141 Å². The summed E-state index contributed by atoms with van der Waals surface area (Å²) in [6, 6.07) is 0. The first-order chi connectivity index (χ1) is 35.0. The van der Waals surface area contributed by atoms with Crippen LogP contribution in [0.25, 0.3) is 0 Å². The number of esters is 3. The van der Waals surface area contributed by atoms with Crippen LogP contribution in [0.1, 0.15) is 239 Å². The second-order valence-corrected chi connectivity index (χ2v) is 18.4. The maximum Gasteiger partial charge on any atom is 0.306 e. The maximum absolute atomic E-state index is 12.9. The number of carbonyl (C=O) groups is 3. The minimum Gasteiger partial charge on any atom is -0.462 e. The Bertz CT molecular complexity index is 1550. The van der Waals surface area contributed by atoms with Crippen molar-refractivity contribution in [2.24, 2.45) is 0 Å². The van der Waals surface area contributed by atoms with Crippen molar-refractivity contribution in [3.05, 3.63) is 134 Å². The molecule has 6 nitrogen and oxygen atoms in total. The fraction of sp³-hybridized carbons (Fsp3) is 0.615. The van der Waals surface area contributed by atoms with Gasteiger partial charge in [0, 0.05) is 19.3 Å². The summed E-state index contributed by atoms with van der Waals surface area (Å²) in [7, 11) is 0. The fourth-order valence-corrected chi connectivity index (χ4v) is 7.37. The van der Waals surface area contributed by atoms with E-state index in [0.29, 0.717) is 19.3 Å². The minimum atomic E-state index is -0.819. The third-order valence-electron chi connectivity index (χ3n) is 11.6. The summed E-state index contributed by atoms with van der Waals surface area (Å²) in [6.45, 7) is 6.32. The molecule has 0 amide bonds. The molecule has 0 rings (SSSR count). The molecule has 400 valence electrons. The standard InChI is InChI=1S/C65H104O6/c1-4-7-10-13-16-19-22-25-27-29-31-32-34-35-37-40-43-46-49-52-55-58-64(67)70-61-62(60-69-63(66)57-54-51-48-45-42-39-24-21-18-15-12-9-6-3)71-65(68)59-56-53-50-47-44-41-38-36-33-30-28-26-23-20-17-14-11-8-5-2/h8-9,11-12,17-18,20-22,25-26,28-29,31,33-36,39,41-42,44,62H,4-7,10,13-16,19,23-24,27,30,32,37-38,40,43,45-61H2,1-3H3/b11-8-,12-9-,20-17-,21-18-,25-22-,28-26-,31-29-,35-34-,36-33-,42-39-,44-41-. The van der Waals surface area contributed by atoms with Crippen LogP contribution in [0.5, 0.6) is 0 Å². The van der Waals surface area contributed by atoms with Gasteiger partial charge in [0.05, 0.1) is 0 Å². The van der Waals surface area contributed by atoms with Gasteiger partial charge in [0.1, 0.15) is 13.2 Å². The van der Waals surface area contributed by atoms with Gasteiger partial charge in [0.15, 0.2) is 6.10 Å². The highest BCUT2D eigenvalue weighted by atomic mass is 16.6. The van der Waals surface area contributed by atoms with Crippen LogP contribution in [0.2, 0.25) is 0 Å². The van der Waals surface area contributed by atoms with Gasteiger partial charge in [-0.1, -0.05) is 219 Å². The molecule has 6 heteroatoms. The average Bonchev–Trinajstić information content (AvgIpc) is 3.37. The van der Waals surface area contributed by atoms with Crippen molar-refractivity contribution >= 4 is 17.9 Å². The Morgan fingerprint density at radius 1 is 0.296 bits per heavy atom. The van der Waals surface area contributed by atoms with Crippen LogP contribution in [0, 0.1) is 0 Å². The van der Waals surface area contributed by atoms with Crippen molar-refractivity contribution in [3.63, 3.8) is 0 Å². The first kappa shape index (κ1) is 66.6. The van der Waals surface area contributed by atoms with Gasteiger partial charge in [-0.25, -0.2) is 0 Å². The highest BCUT2D eigenvalue weighted by molar-refractivity contribution is 5.71. The van der Waals surface area contributed by atoms with Gasteiger partial charge in [-0.3, -0.25) is 14.4 Å². The van der Waals surface area contributed by atoms with E-state index in [-0.39, 0.29) is 37.5 Å². The third-order valence-corrected chi connectivity index (χ3v) is 11.6. The lowest BCUT2D eigenvalue weighted by molar-refractivity contribution is -0.167. The topological polar surface area (TPSA) is 78.9 Å². The Hall–Kier alpha value is -4.45. The normalized spacial score (nSPS) is 13.1. The molecule has 0 aromatic carbocycles. The van der Waals surface area contributed by atoms with Gasteiger partial charge in [-0.05, 0) is 135 Å². The van der Waals surface area contributed by atoms with Crippen molar-refractivity contribution in [2.45, 2.75) is 245 Å². The van der Waals surface area contributed by atoms with Crippen molar-refractivity contribution < 1.29 is 28.6 Å². The van der Waals surface area contributed by atoms with E-state index in [1.807, 2.05) is 0 Å². The molecular weight excluding hydrogens is 877 g/mol. The van der Waals surface area contributed by atoms with Crippen molar-refractivity contribution in [3.8, 4) is 0 Å². The molecule has 0 aliphatic heterocycles. The van der Waals surface area contributed by atoms with Gasteiger partial charge in [-0.15, -0.1) is 0 Å². The summed E-state index contributed by atoms with van der Waals surface area (Å²) in [4.78, 5) is 38.1. The van der Waals surface area contributed by atoms with Gasteiger partial charge in [-0.2, -0.15) is 0 Å². The quantitative estimate of drug-likeness (QED) is 0.0262. The third kappa shape index (κ3) is 56.3. The number of carbonyl (C=O) groups excluding carboxylic acids is 3. The molecule has 1 unspecified atom stereocenters. The Kier molecular flexibility index (Phi) is 54.5. The van der Waals surface area contributed by atoms with Gasteiger partial charge in [0.25, 0.3) is 0 Å². The monoisotopic (exact) mass is 981 g/mol. The predicted octanol–water partition coefficient (Wildman–Crippen LogP) is 19.4. The van der Waals surface area contributed by atoms with E-state index in [1.54, 1.807) is 0 Å². The molecule has 0 saturated heterocycles. The Labute approximate surface area is 436 Å². The van der Waals surface area contributed by atoms with Crippen LogP contribution in [0.4, 0.5) is 0 Å². The van der Waals surface area contributed by atoms with E-state index in [1.165, 1.54) is 51.4 Å². The molecule has 0 aromatic rings. The second-order valence-electron chi connectivity index (χ2n) is 18.4. The number of hydrogen-bond acceptors (Lipinski definition) is 6. The van der Waals surface area contributed by atoms with Crippen LogP contribution in [0.15, 0.2) is 134 Å². The van der Waals surface area contributed by atoms with Crippen LogP contribution in [-0.2, 0) is 28.6 Å². The highest BCUT2D eigenvalue weighted by Crippen LogP contribution is 2.13. The molecule has 0 aliphatic rings. The molecule has 71 heavy (non-hydrogen) atoms. The molecule has 0 N–H and O–H groups in total. The van der Waals surface area contributed by atoms with Crippen LogP contribution in [-0.4, -0.2) is 37.2 Å². The number of ether oxygens (including phenoxy) is 3. The fourth-order valence-electron chi connectivity index (χ4n) is 7.37. The zero-order chi connectivity index (χ0) is 51.4. The molecule has 0 aliphatic carbocycles. The first-order valence-corrected chi connectivity index (χ1v) is 28.7. The Balaban J connectivity index is 4.50. The summed E-state index contributed by atoms with van der Waals surface area (Å²) in [5, 5.41) is 0. The van der Waals surface area contributed by atoms with Crippen molar-refractivity contribution in [1.82, 2.24) is 0 Å². The molecule has 0 radical (unpaired) electrons. The zero-order valence-electron chi connectivity index (χ0n) is 45.7. The van der Waals surface area contributed by atoms with E-state index in [9.17, 15) is 14.4 Å². The van der Waals surface area contributed by atoms with Crippen LogP contribution < -0.4 is 0 Å². The van der Waals surface area contributed by atoms with E-state index in [2.05, 4.69) is 154 Å². The summed E-state index contributed by atoms with van der Waals surface area (Å²) >= 11 is 0. The number of rotatable bonds is 50.